The summed E-state index contributed by atoms with van der Waals surface area (Å²) in [5.74, 6) is -0.370. The minimum atomic E-state index is -0.589. The van der Waals surface area contributed by atoms with E-state index >= 15 is 0 Å². The summed E-state index contributed by atoms with van der Waals surface area (Å²) >= 11 is 1.42. The minimum Gasteiger partial charge on any atom is -0.439 e. The lowest BCUT2D eigenvalue weighted by Gasteiger charge is -2.24. The fraction of sp³-hybridized carbons (Fsp3) is 0.158. The molecule has 6 heteroatoms. The molecule has 1 atom stereocenters. The van der Waals surface area contributed by atoms with Crippen molar-refractivity contribution in [2.24, 2.45) is 5.73 Å². The zero-order valence-electron chi connectivity index (χ0n) is 13.6. The van der Waals surface area contributed by atoms with Gasteiger partial charge in [-0.1, -0.05) is 18.2 Å². The van der Waals surface area contributed by atoms with E-state index in [2.05, 4.69) is 11.1 Å². The van der Waals surface area contributed by atoms with Gasteiger partial charge in [-0.3, -0.25) is 0 Å². The lowest BCUT2D eigenvalue weighted by atomic mass is 9.88. The number of nitriles is 1. The van der Waals surface area contributed by atoms with Crippen molar-refractivity contribution < 1.29 is 9.13 Å². The van der Waals surface area contributed by atoms with Gasteiger partial charge in [0.2, 0.25) is 5.88 Å². The second kappa shape index (κ2) is 5.57. The number of hydrogen-bond donors (Lipinski definition) is 1. The summed E-state index contributed by atoms with van der Waals surface area (Å²) in [6, 6.07) is 10.5. The van der Waals surface area contributed by atoms with Crippen molar-refractivity contribution in [2.45, 2.75) is 19.8 Å². The van der Waals surface area contributed by atoms with E-state index < -0.39 is 5.92 Å². The Morgan fingerprint density at radius 3 is 2.80 bits per heavy atom. The van der Waals surface area contributed by atoms with Crippen LogP contribution in [0.4, 0.5) is 4.39 Å². The molecule has 0 saturated carbocycles. The Morgan fingerprint density at radius 2 is 2.08 bits per heavy atom. The standard InChI is InChI=1S/C19H14FN3OS/c1-9-7-10(2)23-19-14(9)16-17(25-19)15(12(8-21)18(22)24-16)11-5-3-4-6-13(11)20/h3-7,15H,22H2,1-2H3/t15-/m0/s1. The van der Waals surface area contributed by atoms with Crippen molar-refractivity contribution >= 4 is 21.6 Å². The van der Waals surface area contributed by atoms with Gasteiger partial charge in [-0.15, -0.1) is 11.3 Å². The molecule has 25 heavy (non-hydrogen) atoms. The summed E-state index contributed by atoms with van der Waals surface area (Å²) < 4.78 is 20.3. The van der Waals surface area contributed by atoms with Crippen LogP contribution in [0.5, 0.6) is 5.75 Å². The molecule has 4 nitrogen and oxygen atoms in total. The number of fused-ring (bicyclic) bond motifs is 3. The number of rotatable bonds is 1. The van der Waals surface area contributed by atoms with E-state index in [0.717, 1.165) is 26.4 Å². The van der Waals surface area contributed by atoms with Gasteiger partial charge in [0.05, 0.1) is 16.2 Å². The van der Waals surface area contributed by atoms with Crippen LogP contribution in [0.2, 0.25) is 0 Å². The number of aryl methyl sites for hydroxylation is 2. The van der Waals surface area contributed by atoms with Gasteiger partial charge >= 0.3 is 0 Å². The van der Waals surface area contributed by atoms with Gasteiger partial charge in [-0.2, -0.15) is 5.26 Å². The smallest absolute Gasteiger partial charge is 0.205 e. The summed E-state index contributed by atoms with van der Waals surface area (Å²) in [5, 5.41) is 10.4. The number of halogens is 1. The highest BCUT2D eigenvalue weighted by molar-refractivity contribution is 7.19. The highest BCUT2D eigenvalue weighted by Crippen LogP contribution is 2.51. The topological polar surface area (TPSA) is 71.9 Å². The lowest BCUT2D eigenvalue weighted by molar-refractivity contribution is 0.400. The van der Waals surface area contributed by atoms with Gasteiger partial charge in [0.1, 0.15) is 22.3 Å². The molecule has 3 heterocycles. The van der Waals surface area contributed by atoms with Crippen molar-refractivity contribution in [3.8, 4) is 11.8 Å². The highest BCUT2D eigenvalue weighted by Gasteiger charge is 2.35. The Labute approximate surface area is 148 Å². The monoisotopic (exact) mass is 351 g/mol. The van der Waals surface area contributed by atoms with Crippen molar-refractivity contribution in [1.82, 2.24) is 4.98 Å². The zero-order valence-corrected chi connectivity index (χ0v) is 14.4. The summed E-state index contributed by atoms with van der Waals surface area (Å²) in [6.45, 7) is 3.90. The molecule has 0 aliphatic carbocycles. The molecule has 1 aromatic carbocycles. The Balaban J connectivity index is 2.07. The number of hydrogen-bond acceptors (Lipinski definition) is 5. The van der Waals surface area contributed by atoms with Gasteiger partial charge in [-0.05, 0) is 31.5 Å². The molecule has 2 aromatic heterocycles. The molecule has 124 valence electrons. The zero-order chi connectivity index (χ0) is 17.7. The molecule has 4 rings (SSSR count). The van der Waals surface area contributed by atoms with Gasteiger partial charge in [0.15, 0.2) is 5.75 Å². The first kappa shape index (κ1) is 15.6. The van der Waals surface area contributed by atoms with Crippen LogP contribution >= 0.6 is 11.3 Å². The van der Waals surface area contributed by atoms with Crippen molar-refractivity contribution in [3.05, 3.63) is 69.3 Å². The van der Waals surface area contributed by atoms with Crippen LogP contribution in [0.3, 0.4) is 0 Å². The number of pyridine rings is 1. The molecule has 1 aliphatic heterocycles. The molecule has 2 N–H and O–H groups in total. The Bertz CT molecular complexity index is 1090. The average Bonchev–Trinajstić information content (AvgIpc) is 2.92. The van der Waals surface area contributed by atoms with Crippen molar-refractivity contribution in [3.63, 3.8) is 0 Å². The van der Waals surface area contributed by atoms with Crippen molar-refractivity contribution in [2.75, 3.05) is 0 Å². The van der Waals surface area contributed by atoms with Crippen LogP contribution in [0.1, 0.15) is 27.6 Å². The summed E-state index contributed by atoms with van der Waals surface area (Å²) in [7, 11) is 0. The van der Waals surface area contributed by atoms with Crippen LogP contribution < -0.4 is 10.5 Å². The molecule has 1 aliphatic rings. The molecule has 0 bridgehead atoms. The van der Waals surface area contributed by atoms with Gasteiger partial charge in [0, 0.05) is 11.3 Å². The van der Waals surface area contributed by atoms with Gasteiger partial charge < -0.3 is 10.5 Å². The van der Waals surface area contributed by atoms with Crippen LogP contribution in [-0.2, 0) is 0 Å². The first-order valence-corrected chi connectivity index (χ1v) is 8.55. The number of nitrogens with zero attached hydrogens (tertiary/aromatic N) is 2. The third-order valence-corrected chi connectivity index (χ3v) is 5.46. The van der Waals surface area contributed by atoms with E-state index in [1.807, 2.05) is 19.9 Å². The molecule has 0 radical (unpaired) electrons. The van der Waals surface area contributed by atoms with E-state index in [0.29, 0.717) is 11.3 Å². The number of nitrogens with two attached hydrogens (primary N) is 1. The SMILES string of the molecule is Cc1cc(C)c2c3c(sc2n1)[C@@H](c1ccccc1F)C(C#N)=C(N)O3. The van der Waals surface area contributed by atoms with Crippen LogP contribution in [0.15, 0.2) is 41.8 Å². The average molecular weight is 351 g/mol. The van der Waals surface area contributed by atoms with Crippen molar-refractivity contribution in [1.29, 1.82) is 5.26 Å². The van der Waals surface area contributed by atoms with E-state index in [1.54, 1.807) is 18.2 Å². The van der Waals surface area contributed by atoms with E-state index in [4.69, 9.17) is 10.5 Å². The molecule has 0 amide bonds. The van der Waals surface area contributed by atoms with Crippen LogP contribution in [0.25, 0.3) is 10.2 Å². The van der Waals surface area contributed by atoms with Crippen LogP contribution in [0, 0.1) is 31.0 Å². The van der Waals surface area contributed by atoms with E-state index in [-0.39, 0.29) is 17.3 Å². The second-order valence-electron chi connectivity index (χ2n) is 6.00. The third-order valence-electron chi connectivity index (χ3n) is 4.33. The third kappa shape index (κ3) is 2.28. The Hall–Kier alpha value is -2.91. The normalized spacial score (nSPS) is 16.5. The molecule has 0 fully saturated rings. The summed E-state index contributed by atoms with van der Waals surface area (Å²) in [6.07, 6.45) is 0. The molecule has 0 spiro atoms. The molecule has 0 unspecified atom stereocenters. The van der Waals surface area contributed by atoms with Gasteiger partial charge in [-0.25, -0.2) is 9.37 Å². The number of aromatic nitrogens is 1. The molecular weight excluding hydrogens is 337 g/mol. The maximum atomic E-state index is 14.5. The maximum absolute atomic E-state index is 14.5. The highest BCUT2D eigenvalue weighted by atomic mass is 32.1. The number of ether oxygens (including phenoxy) is 1. The molecule has 0 saturated heterocycles. The maximum Gasteiger partial charge on any atom is 0.205 e. The van der Waals surface area contributed by atoms with E-state index in [9.17, 15) is 9.65 Å². The molecule has 3 aromatic rings. The lowest BCUT2D eigenvalue weighted by Crippen LogP contribution is -2.20. The fourth-order valence-corrected chi connectivity index (χ4v) is 4.63. The largest absolute Gasteiger partial charge is 0.439 e. The minimum absolute atomic E-state index is 0.0166. The predicted octanol–water partition coefficient (Wildman–Crippen LogP) is 4.27. The fourth-order valence-electron chi connectivity index (χ4n) is 3.28. The van der Waals surface area contributed by atoms with Crippen LogP contribution in [-0.4, -0.2) is 4.98 Å². The second-order valence-corrected chi connectivity index (χ2v) is 7.03. The van der Waals surface area contributed by atoms with Gasteiger partial charge in [0.25, 0.3) is 0 Å². The number of thiophene rings is 1. The number of benzene rings is 1. The summed E-state index contributed by atoms with van der Waals surface area (Å²) in [4.78, 5) is 6.13. The first-order chi connectivity index (χ1) is 12.0. The first-order valence-electron chi connectivity index (χ1n) is 7.74. The summed E-state index contributed by atoms with van der Waals surface area (Å²) in [5.41, 5.74) is 8.55. The Morgan fingerprint density at radius 1 is 1.32 bits per heavy atom. The predicted molar refractivity (Wildman–Crippen MR) is 94.8 cm³/mol. The quantitative estimate of drug-likeness (QED) is 0.711. The van der Waals surface area contributed by atoms with E-state index in [1.165, 1.54) is 17.4 Å². The molecular formula is C19H14FN3OS. The Kier molecular flexibility index (Phi) is 3.48. The number of allylic oxidation sites excluding steroid dienone is 1.